The molecule has 3 amide bonds. The first kappa shape index (κ1) is 33.8. The smallest absolute Gasteiger partial charge is 0.245 e. The molecule has 250 valence electrons. The van der Waals surface area contributed by atoms with E-state index in [1.54, 1.807) is 11.8 Å². The minimum Gasteiger partial charge on any atom is -0.338 e. The van der Waals surface area contributed by atoms with Crippen LogP contribution in [0.4, 0.5) is 8.78 Å². The fraction of sp³-hybridized carbons (Fsp3) is 0.743. The second-order valence-corrected chi connectivity index (χ2v) is 15.8. The Bertz CT molecular complexity index is 1260. The van der Waals surface area contributed by atoms with Crippen LogP contribution >= 0.6 is 0 Å². The zero-order valence-corrected chi connectivity index (χ0v) is 28.3. The molecular formula is C35H53F2N5O3. The number of benzene rings is 1. The molecule has 3 saturated heterocycles. The van der Waals surface area contributed by atoms with Gasteiger partial charge in [-0.2, -0.15) is 0 Å². The summed E-state index contributed by atoms with van der Waals surface area (Å²) >= 11 is 0. The fourth-order valence-corrected chi connectivity index (χ4v) is 8.14. The molecule has 4 aliphatic rings. The molecule has 45 heavy (non-hydrogen) atoms. The number of likely N-dealkylation sites (tertiary alicyclic amines) is 2. The highest BCUT2D eigenvalue weighted by atomic mass is 19.1. The molecule has 0 bridgehead atoms. The Labute approximate surface area is 268 Å². The highest BCUT2D eigenvalue weighted by molar-refractivity contribution is 5.90. The second-order valence-electron chi connectivity index (χ2n) is 15.8. The van der Waals surface area contributed by atoms with Crippen molar-refractivity contribution in [3.05, 3.63) is 35.4 Å². The summed E-state index contributed by atoms with van der Waals surface area (Å²) in [5.74, 6) is -2.66. The Morgan fingerprint density at radius 2 is 1.56 bits per heavy atom. The molecule has 1 aliphatic carbocycles. The van der Waals surface area contributed by atoms with E-state index in [0.29, 0.717) is 38.2 Å². The number of carbonyl (C=O) groups is 3. The van der Waals surface area contributed by atoms with Crippen LogP contribution in [0.2, 0.25) is 0 Å². The summed E-state index contributed by atoms with van der Waals surface area (Å²) in [5.41, 5.74) is 0.296. The van der Waals surface area contributed by atoms with Gasteiger partial charge in [0.05, 0.1) is 12.0 Å². The molecule has 8 nitrogen and oxygen atoms in total. The van der Waals surface area contributed by atoms with E-state index in [1.165, 1.54) is 12.1 Å². The van der Waals surface area contributed by atoms with Crippen molar-refractivity contribution in [3.63, 3.8) is 0 Å². The Hall–Kier alpha value is -2.59. The van der Waals surface area contributed by atoms with Crippen molar-refractivity contribution in [3.8, 4) is 0 Å². The topological polar surface area (TPSA) is 67.4 Å². The van der Waals surface area contributed by atoms with Crippen LogP contribution in [-0.4, -0.2) is 119 Å². The van der Waals surface area contributed by atoms with Crippen LogP contribution in [0.15, 0.2) is 18.2 Å². The summed E-state index contributed by atoms with van der Waals surface area (Å²) in [4.78, 5) is 52.1. The van der Waals surface area contributed by atoms with E-state index in [2.05, 4.69) is 44.4 Å². The normalized spacial score (nSPS) is 28.5. The van der Waals surface area contributed by atoms with Crippen molar-refractivity contribution < 1.29 is 23.2 Å². The molecule has 4 fully saturated rings. The average molecular weight is 630 g/mol. The number of amides is 3. The molecule has 10 heteroatoms. The van der Waals surface area contributed by atoms with Crippen molar-refractivity contribution in [2.45, 2.75) is 103 Å². The van der Waals surface area contributed by atoms with Crippen LogP contribution in [0.5, 0.6) is 0 Å². The number of nitrogens with zero attached hydrogens (tertiary/aromatic N) is 5. The highest BCUT2D eigenvalue weighted by Crippen LogP contribution is 2.42. The summed E-state index contributed by atoms with van der Waals surface area (Å²) in [6, 6.07) is 2.73. The van der Waals surface area contributed by atoms with Gasteiger partial charge in [0.2, 0.25) is 17.7 Å². The lowest BCUT2D eigenvalue weighted by Crippen LogP contribution is -2.54. The lowest BCUT2D eigenvalue weighted by molar-refractivity contribution is -0.147. The van der Waals surface area contributed by atoms with Crippen molar-refractivity contribution in [1.82, 2.24) is 24.5 Å². The van der Waals surface area contributed by atoms with E-state index in [0.717, 1.165) is 44.8 Å². The van der Waals surface area contributed by atoms with Gasteiger partial charge in [-0.3, -0.25) is 19.3 Å². The largest absolute Gasteiger partial charge is 0.338 e. The third-order valence-corrected chi connectivity index (χ3v) is 11.1. The van der Waals surface area contributed by atoms with Gasteiger partial charge in [0.25, 0.3) is 0 Å². The van der Waals surface area contributed by atoms with Gasteiger partial charge in [0, 0.05) is 76.3 Å². The molecule has 5 rings (SSSR count). The number of hydrogen-bond donors (Lipinski definition) is 0. The molecule has 1 saturated carbocycles. The van der Waals surface area contributed by atoms with Crippen molar-refractivity contribution in [2.24, 2.45) is 11.3 Å². The van der Waals surface area contributed by atoms with E-state index in [4.69, 9.17) is 0 Å². The third kappa shape index (κ3) is 7.22. The monoisotopic (exact) mass is 629 g/mol. The zero-order chi connectivity index (χ0) is 32.8. The Morgan fingerprint density at radius 3 is 2.13 bits per heavy atom. The summed E-state index contributed by atoms with van der Waals surface area (Å²) < 4.78 is 29.2. The molecule has 4 atom stereocenters. The van der Waals surface area contributed by atoms with Gasteiger partial charge in [-0.1, -0.05) is 19.9 Å². The number of piperazine rings is 1. The van der Waals surface area contributed by atoms with Gasteiger partial charge in [0.1, 0.15) is 17.7 Å². The Kier molecular flexibility index (Phi) is 9.68. The lowest BCUT2D eigenvalue weighted by Gasteiger charge is -2.42. The van der Waals surface area contributed by atoms with Crippen LogP contribution in [0, 0.1) is 23.0 Å². The SMILES string of the molecule is CC(=O)N(C1CCC(C)(C)CC1)[C@H]1C[C@@H](C(=O)N2CCN(C)CC2)N(C(=O)[C@H]2CN(C(C)(C)C)C[C@H]2c2ccc(F)cc2F)C1. The molecule has 0 N–H and O–H groups in total. The molecule has 0 radical (unpaired) electrons. The summed E-state index contributed by atoms with van der Waals surface area (Å²) in [6.45, 7) is 16.2. The number of likely N-dealkylation sites (N-methyl/N-ethyl adjacent to an activating group) is 1. The Morgan fingerprint density at radius 1 is 0.911 bits per heavy atom. The lowest BCUT2D eigenvalue weighted by atomic mass is 9.75. The van der Waals surface area contributed by atoms with Crippen molar-refractivity contribution >= 4 is 17.7 Å². The van der Waals surface area contributed by atoms with Crippen LogP contribution in [0.3, 0.4) is 0 Å². The number of halogens is 2. The van der Waals surface area contributed by atoms with Crippen LogP contribution < -0.4 is 0 Å². The average Bonchev–Trinajstić information content (AvgIpc) is 3.59. The maximum atomic E-state index is 15.2. The number of hydrogen-bond acceptors (Lipinski definition) is 5. The van der Waals surface area contributed by atoms with Crippen molar-refractivity contribution in [1.29, 1.82) is 0 Å². The van der Waals surface area contributed by atoms with Gasteiger partial charge in [-0.25, -0.2) is 8.78 Å². The van der Waals surface area contributed by atoms with Crippen LogP contribution in [0.1, 0.15) is 85.1 Å². The highest BCUT2D eigenvalue weighted by Gasteiger charge is 2.51. The Balaban J connectivity index is 1.47. The van der Waals surface area contributed by atoms with Crippen LogP contribution in [-0.2, 0) is 14.4 Å². The molecule has 0 spiro atoms. The first-order valence-electron chi connectivity index (χ1n) is 16.8. The predicted molar refractivity (Wildman–Crippen MR) is 170 cm³/mol. The van der Waals surface area contributed by atoms with E-state index in [1.807, 2.05) is 16.8 Å². The molecule has 1 aromatic rings. The third-order valence-electron chi connectivity index (χ3n) is 11.1. The van der Waals surface area contributed by atoms with E-state index < -0.39 is 29.5 Å². The minimum atomic E-state index is -0.685. The number of rotatable bonds is 5. The maximum absolute atomic E-state index is 15.2. The van der Waals surface area contributed by atoms with Crippen molar-refractivity contribution in [2.75, 3.05) is 52.9 Å². The van der Waals surface area contributed by atoms with Gasteiger partial charge in [-0.15, -0.1) is 0 Å². The first-order chi connectivity index (χ1) is 21.1. The second kappa shape index (κ2) is 12.9. The molecule has 0 unspecified atom stereocenters. The molecule has 3 heterocycles. The standard InChI is InChI=1S/C35H53F2N5O3/c1-23(43)42(25-10-12-35(5,6)13-11-25)26-19-31(33(45)39-16-14-38(7)15-17-39)41(20-26)32(44)29-22-40(34(2,3)4)21-28(29)27-9-8-24(36)18-30(27)37/h8-9,18,25-26,28-29,31H,10-17,19-22H2,1-7H3/t26-,28-,29-,31-/m0/s1. The van der Waals surface area contributed by atoms with Gasteiger partial charge < -0.3 is 19.6 Å². The molecule has 3 aliphatic heterocycles. The predicted octanol–water partition coefficient (Wildman–Crippen LogP) is 4.34. The zero-order valence-electron chi connectivity index (χ0n) is 28.3. The van der Waals surface area contributed by atoms with E-state index >= 15 is 4.39 Å². The summed E-state index contributed by atoms with van der Waals surface area (Å²) in [5, 5.41) is 0. The molecule has 0 aromatic heterocycles. The maximum Gasteiger partial charge on any atom is 0.245 e. The fourth-order valence-electron chi connectivity index (χ4n) is 8.14. The van der Waals surface area contributed by atoms with E-state index in [-0.39, 0.29) is 47.3 Å². The minimum absolute atomic E-state index is 0.0177. The molecule has 1 aromatic carbocycles. The van der Waals surface area contributed by atoms with Crippen LogP contribution in [0.25, 0.3) is 0 Å². The van der Waals surface area contributed by atoms with Gasteiger partial charge >= 0.3 is 0 Å². The van der Waals surface area contributed by atoms with Gasteiger partial charge in [0.15, 0.2) is 0 Å². The molecular weight excluding hydrogens is 576 g/mol. The summed E-state index contributed by atoms with van der Waals surface area (Å²) in [6.07, 6.45) is 4.26. The summed E-state index contributed by atoms with van der Waals surface area (Å²) in [7, 11) is 2.04. The van der Waals surface area contributed by atoms with E-state index in [9.17, 15) is 18.8 Å². The van der Waals surface area contributed by atoms with Gasteiger partial charge in [-0.05, 0) is 77.0 Å². The number of carbonyl (C=O) groups excluding carboxylic acids is 3. The first-order valence-corrected chi connectivity index (χ1v) is 16.8. The quantitative estimate of drug-likeness (QED) is 0.485.